The molecule has 3 nitrogen and oxygen atoms in total. The van der Waals surface area contributed by atoms with Gasteiger partial charge in [-0.05, 0) is 51.0 Å². The Bertz CT molecular complexity index is 460. The highest BCUT2D eigenvalue weighted by atomic mass is 15.1. The molecule has 1 rings (SSSR count). The van der Waals surface area contributed by atoms with E-state index in [1.165, 1.54) is 0 Å². The molecule has 0 atom stereocenters. The van der Waals surface area contributed by atoms with Crippen molar-refractivity contribution in [2.75, 3.05) is 18.5 Å². The topological polar surface area (TPSA) is 50.8 Å². The van der Waals surface area contributed by atoms with Crippen molar-refractivity contribution in [1.29, 1.82) is 10.5 Å². The third-order valence-electron chi connectivity index (χ3n) is 3.04. The predicted molar refractivity (Wildman–Crippen MR) is 73.1 cm³/mol. The summed E-state index contributed by atoms with van der Waals surface area (Å²) >= 11 is 0. The van der Waals surface area contributed by atoms with Gasteiger partial charge in [0.1, 0.15) is 0 Å². The lowest BCUT2D eigenvalue weighted by Crippen LogP contribution is -2.20. The summed E-state index contributed by atoms with van der Waals surface area (Å²) in [6, 6.07) is 12.0. The maximum atomic E-state index is 8.94. The first kappa shape index (κ1) is 14.1. The van der Waals surface area contributed by atoms with E-state index in [2.05, 4.69) is 17.0 Å². The number of hydrogen-bond acceptors (Lipinski definition) is 3. The van der Waals surface area contributed by atoms with Crippen molar-refractivity contribution in [2.45, 2.75) is 26.7 Å². The van der Waals surface area contributed by atoms with Crippen molar-refractivity contribution in [3.8, 4) is 12.1 Å². The molecule has 94 valence electrons. The number of anilines is 1. The maximum absolute atomic E-state index is 8.94. The van der Waals surface area contributed by atoms with E-state index in [1.54, 1.807) is 0 Å². The van der Waals surface area contributed by atoms with Gasteiger partial charge in [0.2, 0.25) is 0 Å². The molecule has 1 aromatic rings. The van der Waals surface area contributed by atoms with E-state index < -0.39 is 0 Å². The van der Waals surface area contributed by atoms with Crippen molar-refractivity contribution >= 4 is 5.69 Å². The summed E-state index contributed by atoms with van der Waals surface area (Å²) in [6.07, 6.45) is 1.88. The van der Waals surface area contributed by atoms with E-state index in [4.69, 9.17) is 10.5 Å². The fraction of sp³-hybridized carbons (Fsp3) is 0.467. The van der Waals surface area contributed by atoms with Crippen molar-refractivity contribution in [2.24, 2.45) is 5.41 Å². The fourth-order valence-corrected chi connectivity index (χ4v) is 1.73. The normalized spacial score (nSPS) is 10.5. The molecule has 0 N–H and O–H groups in total. The Morgan fingerprint density at radius 1 is 1.17 bits per heavy atom. The van der Waals surface area contributed by atoms with Crippen LogP contribution in [0.5, 0.6) is 0 Å². The Morgan fingerprint density at radius 2 is 1.78 bits per heavy atom. The standard InChI is InChI=1S/C15H19N3/c1-15(2,12-17)9-4-10-18(3)14-7-5-13(11-16)6-8-14/h5-8H,4,9-10H2,1-3H3. The van der Waals surface area contributed by atoms with E-state index in [0.29, 0.717) is 5.56 Å². The number of benzene rings is 1. The van der Waals surface area contributed by atoms with Crippen LogP contribution in [0.3, 0.4) is 0 Å². The number of rotatable bonds is 5. The molecule has 0 aliphatic carbocycles. The molecule has 0 unspecified atom stereocenters. The minimum Gasteiger partial charge on any atom is -0.375 e. The molecule has 0 aliphatic heterocycles. The Balaban J connectivity index is 2.48. The van der Waals surface area contributed by atoms with E-state index in [-0.39, 0.29) is 5.41 Å². The lowest BCUT2D eigenvalue weighted by Gasteiger charge is -2.21. The van der Waals surface area contributed by atoms with Crippen molar-refractivity contribution < 1.29 is 0 Å². The van der Waals surface area contributed by atoms with Crippen molar-refractivity contribution in [1.82, 2.24) is 0 Å². The third-order valence-corrected chi connectivity index (χ3v) is 3.04. The molecule has 0 bridgehead atoms. The molecular weight excluding hydrogens is 222 g/mol. The molecule has 1 aromatic carbocycles. The van der Waals surface area contributed by atoms with Crippen LogP contribution in [0.1, 0.15) is 32.3 Å². The van der Waals surface area contributed by atoms with Crippen LogP contribution in [0.25, 0.3) is 0 Å². The van der Waals surface area contributed by atoms with Crippen LogP contribution in [0.4, 0.5) is 5.69 Å². The largest absolute Gasteiger partial charge is 0.375 e. The Morgan fingerprint density at radius 3 is 2.28 bits per heavy atom. The van der Waals surface area contributed by atoms with Gasteiger partial charge in [0, 0.05) is 19.3 Å². The molecule has 0 heterocycles. The van der Waals surface area contributed by atoms with E-state index in [1.807, 2.05) is 45.2 Å². The SMILES string of the molecule is CN(CCCC(C)(C)C#N)c1ccc(C#N)cc1. The van der Waals surface area contributed by atoms with E-state index in [0.717, 1.165) is 25.1 Å². The highest BCUT2D eigenvalue weighted by molar-refractivity contribution is 5.48. The highest BCUT2D eigenvalue weighted by Crippen LogP contribution is 2.21. The van der Waals surface area contributed by atoms with Gasteiger partial charge in [-0.25, -0.2) is 0 Å². The average molecular weight is 241 g/mol. The molecule has 0 spiro atoms. The van der Waals surface area contributed by atoms with Crippen LogP contribution in [0.15, 0.2) is 24.3 Å². The molecule has 18 heavy (non-hydrogen) atoms. The third kappa shape index (κ3) is 4.11. The number of nitrogens with zero attached hydrogens (tertiary/aromatic N) is 3. The summed E-state index contributed by atoms with van der Waals surface area (Å²) in [5, 5.41) is 17.7. The minimum absolute atomic E-state index is 0.245. The van der Waals surface area contributed by atoms with Crippen LogP contribution >= 0.6 is 0 Å². The van der Waals surface area contributed by atoms with Crippen molar-refractivity contribution in [3.63, 3.8) is 0 Å². The summed E-state index contributed by atoms with van der Waals surface area (Å²) in [7, 11) is 2.03. The average Bonchev–Trinajstić information content (AvgIpc) is 2.38. The second-order valence-corrected chi connectivity index (χ2v) is 5.18. The highest BCUT2D eigenvalue weighted by Gasteiger charge is 2.16. The van der Waals surface area contributed by atoms with Gasteiger partial charge in [-0.3, -0.25) is 0 Å². The molecule has 0 aromatic heterocycles. The van der Waals surface area contributed by atoms with Gasteiger partial charge in [0.15, 0.2) is 0 Å². The van der Waals surface area contributed by atoms with Crippen molar-refractivity contribution in [3.05, 3.63) is 29.8 Å². The van der Waals surface area contributed by atoms with Gasteiger partial charge >= 0.3 is 0 Å². The van der Waals surface area contributed by atoms with Gasteiger partial charge in [0.05, 0.1) is 23.1 Å². The quantitative estimate of drug-likeness (QED) is 0.794. The minimum atomic E-state index is -0.245. The van der Waals surface area contributed by atoms with Crippen LogP contribution in [-0.2, 0) is 0 Å². The van der Waals surface area contributed by atoms with E-state index in [9.17, 15) is 0 Å². The number of nitriles is 2. The molecule has 3 heteroatoms. The first-order valence-corrected chi connectivity index (χ1v) is 6.11. The second-order valence-electron chi connectivity index (χ2n) is 5.18. The Labute approximate surface area is 109 Å². The zero-order valence-corrected chi connectivity index (χ0v) is 11.3. The summed E-state index contributed by atoms with van der Waals surface area (Å²) in [5.41, 5.74) is 1.53. The number of hydrogen-bond donors (Lipinski definition) is 0. The lowest BCUT2D eigenvalue weighted by molar-refractivity contribution is 0.436. The predicted octanol–water partition coefficient (Wildman–Crippen LogP) is 3.32. The summed E-state index contributed by atoms with van der Waals surface area (Å²) in [5.74, 6) is 0. The monoisotopic (exact) mass is 241 g/mol. The molecule has 0 aliphatic rings. The molecule has 0 radical (unpaired) electrons. The Hall–Kier alpha value is -2.00. The van der Waals surface area contributed by atoms with Gasteiger partial charge in [-0.15, -0.1) is 0 Å². The van der Waals surface area contributed by atoms with Gasteiger partial charge in [-0.2, -0.15) is 10.5 Å². The molecule has 0 saturated heterocycles. The van der Waals surface area contributed by atoms with Crippen LogP contribution in [0.2, 0.25) is 0 Å². The smallest absolute Gasteiger partial charge is 0.0991 e. The van der Waals surface area contributed by atoms with Gasteiger partial charge in [0.25, 0.3) is 0 Å². The first-order valence-electron chi connectivity index (χ1n) is 6.11. The molecular formula is C15H19N3. The van der Waals surface area contributed by atoms with Gasteiger partial charge < -0.3 is 4.90 Å². The van der Waals surface area contributed by atoms with E-state index >= 15 is 0 Å². The molecule has 0 amide bonds. The van der Waals surface area contributed by atoms with Crippen LogP contribution < -0.4 is 4.90 Å². The lowest BCUT2D eigenvalue weighted by atomic mass is 9.90. The zero-order valence-electron chi connectivity index (χ0n) is 11.3. The summed E-state index contributed by atoms with van der Waals surface area (Å²) in [4.78, 5) is 2.15. The summed E-state index contributed by atoms with van der Waals surface area (Å²) in [6.45, 7) is 4.85. The van der Waals surface area contributed by atoms with Crippen LogP contribution in [0, 0.1) is 28.1 Å². The second kappa shape index (κ2) is 6.07. The zero-order chi connectivity index (χ0) is 13.6. The molecule has 0 saturated carbocycles. The summed E-state index contributed by atoms with van der Waals surface area (Å²) < 4.78 is 0. The van der Waals surface area contributed by atoms with Gasteiger partial charge in [-0.1, -0.05) is 0 Å². The molecule has 0 fully saturated rings. The first-order chi connectivity index (χ1) is 8.48. The maximum Gasteiger partial charge on any atom is 0.0991 e. The van der Waals surface area contributed by atoms with Crippen LogP contribution in [-0.4, -0.2) is 13.6 Å². The Kier molecular flexibility index (Phi) is 4.75. The fourth-order valence-electron chi connectivity index (χ4n) is 1.73.